The fourth-order valence-electron chi connectivity index (χ4n) is 2.97. The molecule has 1 aliphatic rings. The van der Waals surface area contributed by atoms with E-state index in [-0.39, 0.29) is 5.91 Å². The number of ether oxygens (including phenoxy) is 1. The van der Waals surface area contributed by atoms with Crippen LogP contribution in [-0.2, 0) is 10.2 Å². The molecule has 2 aromatic carbocycles. The van der Waals surface area contributed by atoms with Crippen molar-refractivity contribution in [3.63, 3.8) is 0 Å². The summed E-state index contributed by atoms with van der Waals surface area (Å²) in [6.07, 6.45) is 1.39. The Morgan fingerprint density at radius 3 is 2.74 bits per heavy atom. The van der Waals surface area contributed by atoms with Crippen molar-refractivity contribution in [2.24, 2.45) is 0 Å². The number of methoxy groups -OCH3 is 1. The topological polar surface area (TPSA) is 64.4 Å². The third-order valence-corrected chi connectivity index (χ3v) is 5.28. The van der Waals surface area contributed by atoms with E-state index in [4.69, 9.17) is 32.5 Å². The molecule has 0 saturated heterocycles. The zero-order valence-electron chi connectivity index (χ0n) is 14.5. The van der Waals surface area contributed by atoms with E-state index >= 15 is 0 Å². The van der Waals surface area contributed by atoms with E-state index in [1.54, 1.807) is 31.4 Å². The largest absolute Gasteiger partial charge is 0.497 e. The van der Waals surface area contributed by atoms with Gasteiger partial charge in [0.05, 0.1) is 28.9 Å². The zero-order valence-corrected chi connectivity index (χ0v) is 16.0. The van der Waals surface area contributed by atoms with Crippen LogP contribution in [0.4, 0.5) is 5.69 Å². The van der Waals surface area contributed by atoms with Gasteiger partial charge in [-0.1, -0.05) is 40.5 Å². The first-order chi connectivity index (χ1) is 13.0. The van der Waals surface area contributed by atoms with Gasteiger partial charge in [0.1, 0.15) is 5.75 Å². The second kappa shape index (κ2) is 6.91. The minimum atomic E-state index is -0.702. The van der Waals surface area contributed by atoms with E-state index in [0.717, 1.165) is 11.3 Å². The monoisotopic (exact) mass is 402 g/mol. The maximum atomic E-state index is 12.9. The van der Waals surface area contributed by atoms with Gasteiger partial charge in [0, 0.05) is 16.7 Å². The average Bonchev–Trinajstić information content (AvgIpc) is 3.34. The van der Waals surface area contributed by atoms with Gasteiger partial charge in [-0.3, -0.25) is 4.79 Å². The lowest BCUT2D eigenvalue weighted by molar-refractivity contribution is -0.118. The van der Waals surface area contributed by atoms with Gasteiger partial charge in [-0.25, -0.2) is 0 Å². The van der Waals surface area contributed by atoms with Crippen LogP contribution in [0.1, 0.15) is 18.5 Å². The number of aromatic nitrogens is 1. The smallest absolute Gasteiger partial charge is 0.236 e. The number of carbonyl (C=O) groups is 1. The highest BCUT2D eigenvalue weighted by atomic mass is 35.5. The van der Waals surface area contributed by atoms with Gasteiger partial charge in [-0.15, -0.1) is 0 Å². The molecule has 27 heavy (non-hydrogen) atoms. The second-order valence-electron chi connectivity index (χ2n) is 6.47. The van der Waals surface area contributed by atoms with Crippen LogP contribution >= 0.6 is 23.2 Å². The number of anilines is 1. The molecule has 1 N–H and O–H groups in total. The predicted molar refractivity (Wildman–Crippen MR) is 104 cm³/mol. The van der Waals surface area contributed by atoms with Crippen molar-refractivity contribution in [2.75, 3.05) is 12.4 Å². The van der Waals surface area contributed by atoms with E-state index in [0.29, 0.717) is 40.0 Å². The van der Waals surface area contributed by atoms with E-state index in [1.165, 1.54) is 0 Å². The Morgan fingerprint density at radius 1 is 1.19 bits per heavy atom. The zero-order chi connectivity index (χ0) is 19.0. The molecule has 1 heterocycles. The molecule has 1 amide bonds. The first kappa shape index (κ1) is 17.9. The molecule has 138 valence electrons. The van der Waals surface area contributed by atoms with Crippen molar-refractivity contribution < 1.29 is 14.1 Å². The summed E-state index contributed by atoms with van der Waals surface area (Å²) in [7, 11) is 1.61. The van der Waals surface area contributed by atoms with Gasteiger partial charge in [0.25, 0.3) is 0 Å². The standard InChI is InChI=1S/C20H16Cl2N2O3/c1-26-14-4-2-3-12(9-14)17-11-18(24-27-17)20(7-8-20)19(25)23-16-10-13(21)5-6-15(16)22/h2-6,9-11H,7-8H2,1H3,(H,23,25). The third-order valence-electron chi connectivity index (χ3n) is 4.72. The Labute approximate surface area is 166 Å². The number of nitrogens with zero attached hydrogens (tertiary/aromatic N) is 1. The summed E-state index contributed by atoms with van der Waals surface area (Å²) >= 11 is 12.1. The lowest BCUT2D eigenvalue weighted by Gasteiger charge is -2.13. The summed E-state index contributed by atoms with van der Waals surface area (Å²) in [4.78, 5) is 12.9. The van der Waals surface area contributed by atoms with Crippen LogP contribution in [-0.4, -0.2) is 18.2 Å². The Bertz CT molecular complexity index is 1010. The van der Waals surface area contributed by atoms with Crippen LogP contribution in [0, 0.1) is 0 Å². The van der Waals surface area contributed by atoms with E-state index in [2.05, 4.69) is 10.5 Å². The number of hydrogen-bond donors (Lipinski definition) is 1. The lowest BCUT2D eigenvalue weighted by atomic mass is 10.00. The number of amides is 1. The summed E-state index contributed by atoms with van der Waals surface area (Å²) in [5, 5.41) is 7.94. The van der Waals surface area contributed by atoms with Crippen molar-refractivity contribution >= 4 is 34.8 Å². The van der Waals surface area contributed by atoms with Gasteiger partial charge < -0.3 is 14.6 Å². The average molecular weight is 403 g/mol. The normalized spacial score (nSPS) is 14.6. The molecule has 5 nitrogen and oxygen atoms in total. The van der Waals surface area contributed by atoms with Crippen molar-refractivity contribution in [1.82, 2.24) is 5.16 Å². The third kappa shape index (κ3) is 3.40. The highest BCUT2D eigenvalue weighted by Gasteiger charge is 2.54. The van der Waals surface area contributed by atoms with Crippen LogP contribution in [0.5, 0.6) is 5.75 Å². The molecular formula is C20H16Cl2N2O3. The molecular weight excluding hydrogens is 387 g/mol. The van der Waals surface area contributed by atoms with Gasteiger partial charge in [0.2, 0.25) is 5.91 Å². The molecule has 0 spiro atoms. The minimum Gasteiger partial charge on any atom is -0.497 e. The van der Waals surface area contributed by atoms with Gasteiger partial charge in [-0.05, 0) is 43.2 Å². The van der Waals surface area contributed by atoms with Crippen molar-refractivity contribution in [1.29, 1.82) is 0 Å². The Balaban J connectivity index is 1.58. The fraction of sp³-hybridized carbons (Fsp3) is 0.200. The van der Waals surface area contributed by atoms with Crippen molar-refractivity contribution in [3.05, 3.63) is 64.3 Å². The van der Waals surface area contributed by atoms with Crippen LogP contribution in [0.15, 0.2) is 53.1 Å². The molecule has 3 aromatic rings. The highest BCUT2D eigenvalue weighted by molar-refractivity contribution is 6.35. The molecule has 0 atom stereocenters. The first-order valence-electron chi connectivity index (χ1n) is 8.40. The maximum absolute atomic E-state index is 12.9. The Kier molecular flexibility index (Phi) is 4.58. The summed E-state index contributed by atoms with van der Waals surface area (Å²) < 4.78 is 10.7. The van der Waals surface area contributed by atoms with E-state index in [1.807, 2.05) is 24.3 Å². The van der Waals surface area contributed by atoms with Crippen molar-refractivity contribution in [2.45, 2.75) is 18.3 Å². The molecule has 0 bridgehead atoms. The van der Waals surface area contributed by atoms with Gasteiger partial charge >= 0.3 is 0 Å². The van der Waals surface area contributed by atoms with Crippen molar-refractivity contribution in [3.8, 4) is 17.1 Å². The molecule has 1 aromatic heterocycles. The molecule has 4 rings (SSSR count). The summed E-state index contributed by atoms with van der Waals surface area (Å²) in [6.45, 7) is 0. The lowest BCUT2D eigenvalue weighted by Crippen LogP contribution is -2.28. The molecule has 0 radical (unpaired) electrons. The quantitative estimate of drug-likeness (QED) is 0.626. The Morgan fingerprint density at radius 2 is 2.00 bits per heavy atom. The SMILES string of the molecule is COc1cccc(-c2cc(C3(C(=O)Nc4cc(Cl)ccc4Cl)CC3)no2)c1. The van der Waals surface area contributed by atoms with Crippen LogP contribution in [0.2, 0.25) is 10.0 Å². The van der Waals surface area contributed by atoms with Crippen LogP contribution in [0.25, 0.3) is 11.3 Å². The number of carbonyl (C=O) groups excluding carboxylic acids is 1. The van der Waals surface area contributed by atoms with Gasteiger partial charge in [-0.2, -0.15) is 0 Å². The summed E-state index contributed by atoms with van der Waals surface area (Å²) in [5.74, 6) is 1.14. The summed E-state index contributed by atoms with van der Waals surface area (Å²) in [6, 6.07) is 14.2. The molecule has 7 heteroatoms. The number of hydrogen-bond acceptors (Lipinski definition) is 4. The Hall–Kier alpha value is -2.50. The number of nitrogens with one attached hydrogen (secondary N) is 1. The number of halogens is 2. The van der Waals surface area contributed by atoms with E-state index < -0.39 is 5.41 Å². The van der Waals surface area contributed by atoms with Crippen LogP contribution < -0.4 is 10.1 Å². The minimum absolute atomic E-state index is 0.169. The number of rotatable bonds is 5. The summed E-state index contributed by atoms with van der Waals surface area (Å²) in [5.41, 5.74) is 1.22. The number of benzene rings is 2. The molecule has 1 fully saturated rings. The predicted octanol–water partition coefficient (Wildman–Crippen LogP) is 5.33. The molecule has 0 unspecified atom stereocenters. The maximum Gasteiger partial charge on any atom is 0.236 e. The highest BCUT2D eigenvalue weighted by Crippen LogP contribution is 2.49. The molecule has 1 saturated carbocycles. The first-order valence-corrected chi connectivity index (χ1v) is 9.15. The van der Waals surface area contributed by atoms with E-state index in [9.17, 15) is 4.79 Å². The second-order valence-corrected chi connectivity index (χ2v) is 7.31. The van der Waals surface area contributed by atoms with Crippen LogP contribution in [0.3, 0.4) is 0 Å². The molecule has 0 aliphatic heterocycles. The molecule has 1 aliphatic carbocycles. The fourth-order valence-corrected chi connectivity index (χ4v) is 3.31. The van der Waals surface area contributed by atoms with Gasteiger partial charge in [0.15, 0.2) is 5.76 Å².